The number of methoxy groups -OCH3 is 1. The van der Waals surface area contributed by atoms with Gasteiger partial charge in [-0.05, 0) is 6.10 Å². The standard InChI is InChI=1S/C9H15O5.U/c1-12-2-6-3-13-7-4-14-9(6,5-10)8(7)11;/h4,6-8,10-11H,2-3,5H2,1H3;/q-1;/t6-,7+,8+,9+;/m1./s1. The number of aliphatic hydroxyl groups excluding tert-OH is 2. The van der Waals surface area contributed by atoms with Crippen LogP contribution in [0.5, 0.6) is 0 Å². The number of rotatable bonds is 3. The van der Waals surface area contributed by atoms with Crippen molar-refractivity contribution in [3.05, 3.63) is 6.61 Å². The summed E-state index contributed by atoms with van der Waals surface area (Å²) in [6.07, 6.45) is -1.23. The molecule has 0 aromatic heterocycles. The van der Waals surface area contributed by atoms with Crippen molar-refractivity contribution in [3.63, 3.8) is 0 Å². The predicted octanol–water partition coefficient (Wildman–Crippen LogP) is -1.07. The van der Waals surface area contributed by atoms with Crippen molar-refractivity contribution in [2.45, 2.75) is 17.8 Å². The molecule has 2 fully saturated rings. The molecule has 0 saturated carbocycles. The van der Waals surface area contributed by atoms with Crippen LogP contribution in [0.4, 0.5) is 0 Å². The van der Waals surface area contributed by atoms with Crippen LogP contribution in [0.3, 0.4) is 0 Å². The van der Waals surface area contributed by atoms with E-state index in [9.17, 15) is 10.2 Å². The molecule has 2 saturated heterocycles. The smallest absolute Gasteiger partial charge is 0.0923 e. The van der Waals surface area contributed by atoms with Gasteiger partial charge < -0.3 is 24.4 Å². The summed E-state index contributed by atoms with van der Waals surface area (Å²) >= 11 is 0. The molecule has 2 rings (SSSR count). The molecule has 0 aromatic carbocycles. The van der Waals surface area contributed by atoms with E-state index in [1.54, 1.807) is 7.11 Å². The van der Waals surface area contributed by atoms with Gasteiger partial charge in [-0.1, -0.05) is 0 Å². The average molecular weight is 441 g/mol. The Hall–Kier alpha value is 0.852. The molecular weight excluding hydrogens is 426 g/mol. The van der Waals surface area contributed by atoms with Crippen molar-refractivity contribution in [2.24, 2.45) is 5.92 Å². The fraction of sp³-hybridized carbons (Fsp3) is 0.889. The van der Waals surface area contributed by atoms with Gasteiger partial charge in [0.2, 0.25) is 0 Å². The van der Waals surface area contributed by atoms with Crippen LogP contribution in [0.15, 0.2) is 0 Å². The summed E-state index contributed by atoms with van der Waals surface area (Å²) in [6, 6.07) is 0. The van der Waals surface area contributed by atoms with Crippen molar-refractivity contribution in [3.8, 4) is 0 Å². The largest absolute Gasteiger partial charge is 0.541 e. The fourth-order valence-corrected chi connectivity index (χ4v) is 2.10. The van der Waals surface area contributed by atoms with Crippen LogP contribution in [0.2, 0.25) is 0 Å². The number of hydrogen-bond donors (Lipinski definition) is 2. The third kappa shape index (κ3) is 2.14. The first kappa shape index (κ1) is 13.9. The summed E-state index contributed by atoms with van der Waals surface area (Å²) in [6.45, 7) is 2.07. The fourth-order valence-electron chi connectivity index (χ4n) is 2.10. The van der Waals surface area contributed by atoms with Gasteiger partial charge in [0.1, 0.15) is 0 Å². The molecular formula is C9H15O5U-. The number of fused-ring (bicyclic) bond motifs is 2. The zero-order valence-electron chi connectivity index (χ0n) is 8.55. The Labute approximate surface area is 112 Å². The van der Waals surface area contributed by atoms with E-state index < -0.39 is 17.8 Å². The van der Waals surface area contributed by atoms with Gasteiger partial charge in [-0.2, -0.15) is 6.61 Å². The molecule has 0 amide bonds. The Bertz CT molecular complexity index is 215. The number of ether oxygens (including phenoxy) is 3. The molecule has 0 aromatic rings. The minimum Gasteiger partial charge on any atom is -0.541 e. The van der Waals surface area contributed by atoms with E-state index >= 15 is 0 Å². The van der Waals surface area contributed by atoms with E-state index in [1.165, 1.54) is 6.61 Å². The zero-order chi connectivity index (χ0) is 10.2. The second-order valence-electron chi connectivity index (χ2n) is 3.76. The van der Waals surface area contributed by atoms with Gasteiger partial charge in [-0.25, -0.2) is 0 Å². The summed E-state index contributed by atoms with van der Waals surface area (Å²) < 4.78 is 15.7. The summed E-state index contributed by atoms with van der Waals surface area (Å²) in [7, 11) is 1.57. The van der Waals surface area contributed by atoms with Crippen molar-refractivity contribution in [1.29, 1.82) is 0 Å². The van der Waals surface area contributed by atoms with Gasteiger partial charge >= 0.3 is 0 Å². The molecule has 0 unspecified atom stereocenters. The second-order valence-corrected chi connectivity index (χ2v) is 3.76. The van der Waals surface area contributed by atoms with Crippen LogP contribution in [0.1, 0.15) is 0 Å². The van der Waals surface area contributed by atoms with Crippen LogP contribution in [-0.2, 0) is 14.2 Å². The zero-order valence-corrected chi connectivity index (χ0v) is 12.7. The van der Waals surface area contributed by atoms with Gasteiger partial charge in [0.05, 0.1) is 31.5 Å². The van der Waals surface area contributed by atoms with Crippen molar-refractivity contribution in [1.82, 2.24) is 0 Å². The summed E-state index contributed by atoms with van der Waals surface area (Å²) in [4.78, 5) is 0. The maximum absolute atomic E-state index is 9.86. The quantitative estimate of drug-likeness (QED) is 0.547. The van der Waals surface area contributed by atoms with E-state index in [0.717, 1.165) is 0 Å². The molecule has 6 heteroatoms. The van der Waals surface area contributed by atoms with E-state index in [4.69, 9.17) is 14.2 Å². The molecule has 15 heavy (non-hydrogen) atoms. The van der Waals surface area contributed by atoms with Gasteiger partial charge in [-0.3, -0.25) is 0 Å². The summed E-state index contributed by atoms with van der Waals surface area (Å²) in [5.41, 5.74) is -0.932. The summed E-state index contributed by atoms with van der Waals surface area (Å²) in [5.74, 6) is -0.137. The topological polar surface area (TPSA) is 68.2 Å². The number of hydrogen-bond acceptors (Lipinski definition) is 5. The Morgan fingerprint density at radius 2 is 2.33 bits per heavy atom. The molecule has 0 aliphatic carbocycles. The molecule has 0 spiro atoms. The molecule has 2 N–H and O–H groups in total. The van der Waals surface area contributed by atoms with Crippen LogP contribution < -0.4 is 0 Å². The second kappa shape index (κ2) is 5.46. The minimum absolute atomic E-state index is 0. The SMILES string of the molecule is COC[C@@H]1CO[C@H]2[CH-]O[C@]1(CO)[C@H]2O.[U]. The third-order valence-electron chi connectivity index (χ3n) is 3.03. The van der Waals surface area contributed by atoms with Gasteiger partial charge in [0.15, 0.2) is 0 Å². The molecule has 4 atom stereocenters. The first-order valence-electron chi connectivity index (χ1n) is 4.65. The van der Waals surface area contributed by atoms with Gasteiger partial charge in [0, 0.05) is 44.1 Å². The molecule has 5 nitrogen and oxygen atoms in total. The molecule has 2 aliphatic rings. The molecule has 86 valence electrons. The van der Waals surface area contributed by atoms with Crippen molar-refractivity contribution >= 4 is 0 Å². The monoisotopic (exact) mass is 441 g/mol. The first-order valence-corrected chi connectivity index (χ1v) is 4.65. The minimum atomic E-state index is -0.932. The molecule has 2 heterocycles. The summed E-state index contributed by atoms with van der Waals surface area (Å²) in [5, 5.41) is 19.2. The maximum Gasteiger partial charge on any atom is 0.0923 e. The van der Waals surface area contributed by atoms with Crippen LogP contribution in [-0.4, -0.2) is 55.0 Å². The Balaban J connectivity index is 0.00000112. The molecule has 0 radical (unpaired) electrons. The Morgan fingerprint density at radius 3 is 2.93 bits per heavy atom. The van der Waals surface area contributed by atoms with Crippen molar-refractivity contribution in [2.75, 3.05) is 26.9 Å². The van der Waals surface area contributed by atoms with Gasteiger partial charge in [-0.15, -0.1) is 0 Å². The average Bonchev–Trinajstić information content (AvgIpc) is 2.42. The maximum atomic E-state index is 9.86. The predicted molar refractivity (Wildman–Crippen MR) is 46.3 cm³/mol. The Kier molecular flexibility index (Phi) is 5.06. The van der Waals surface area contributed by atoms with Crippen LogP contribution >= 0.6 is 0 Å². The van der Waals surface area contributed by atoms with E-state index in [2.05, 4.69) is 0 Å². The molecule has 2 bridgehead atoms. The Morgan fingerprint density at radius 1 is 1.60 bits per heavy atom. The first-order chi connectivity index (χ1) is 6.74. The van der Waals surface area contributed by atoms with Crippen LogP contribution in [0.25, 0.3) is 0 Å². The van der Waals surface area contributed by atoms with Crippen LogP contribution in [0, 0.1) is 43.6 Å². The van der Waals surface area contributed by atoms with E-state index in [0.29, 0.717) is 13.2 Å². The van der Waals surface area contributed by atoms with E-state index in [-0.39, 0.29) is 43.6 Å². The molecule has 2 aliphatic heterocycles. The number of aliphatic hydroxyl groups is 2. The van der Waals surface area contributed by atoms with Crippen molar-refractivity contribution < 1.29 is 55.5 Å². The third-order valence-corrected chi connectivity index (χ3v) is 3.03. The normalized spacial score (nSPS) is 43.8. The van der Waals surface area contributed by atoms with Gasteiger partial charge in [0.25, 0.3) is 0 Å². The van der Waals surface area contributed by atoms with E-state index in [1.807, 2.05) is 0 Å².